The van der Waals surface area contributed by atoms with Crippen LogP contribution in [0.4, 0.5) is 0 Å². The zero-order chi connectivity index (χ0) is 18.5. The van der Waals surface area contributed by atoms with E-state index in [-0.39, 0.29) is 0 Å². The molecule has 0 amide bonds. The van der Waals surface area contributed by atoms with Crippen LogP contribution in [0.3, 0.4) is 0 Å². The predicted molar refractivity (Wildman–Crippen MR) is 118 cm³/mol. The summed E-state index contributed by atoms with van der Waals surface area (Å²) < 4.78 is 0. The maximum Gasteiger partial charge on any atom is -0.00578 e. The molecular weight excluding hydrogens is 336 g/mol. The van der Waals surface area contributed by atoms with Crippen molar-refractivity contribution in [1.29, 1.82) is 0 Å². The van der Waals surface area contributed by atoms with Crippen molar-refractivity contribution in [2.45, 2.75) is 32.1 Å². The second-order valence-corrected chi connectivity index (χ2v) is 8.33. The van der Waals surface area contributed by atoms with Gasteiger partial charge in [-0.3, -0.25) is 0 Å². The highest BCUT2D eigenvalue weighted by molar-refractivity contribution is 6.07. The Balaban J connectivity index is 1.68. The Kier molecular flexibility index (Phi) is 3.65. The normalized spacial score (nSPS) is 19.9. The number of hydrogen-bond acceptors (Lipinski definition) is 0. The molecule has 0 saturated carbocycles. The Morgan fingerprint density at radius 1 is 0.607 bits per heavy atom. The average Bonchev–Trinajstić information content (AvgIpc) is 3.31. The lowest BCUT2D eigenvalue weighted by Gasteiger charge is -2.20. The van der Waals surface area contributed by atoms with Gasteiger partial charge in [-0.1, -0.05) is 85.3 Å². The molecule has 1 atom stereocenters. The van der Waals surface area contributed by atoms with Gasteiger partial charge in [-0.05, 0) is 81.7 Å². The van der Waals surface area contributed by atoms with Crippen LogP contribution in [0.1, 0.15) is 47.9 Å². The lowest BCUT2D eigenvalue weighted by molar-refractivity contribution is 0.549. The van der Waals surface area contributed by atoms with Gasteiger partial charge < -0.3 is 0 Å². The van der Waals surface area contributed by atoms with Gasteiger partial charge in [0, 0.05) is 0 Å². The van der Waals surface area contributed by atoms with Crippen molar-refractivity contribution in [3.05, 3.63) is 107 Å². The van der Waals surface area contributed by atoms with Crippen LogP contribution in [0.15, 0.2) is 84.4 Å². The summed E-state index contributed by atoms with van der Waals surface area (Å²) >= 11 is 0. The molecule has 0 aromatic heterocycles. The van der Waals surface area contributed by atoms with Crippen LogP contribution in [0.25, 0.3) is 22.3 Å². The molecule has 0 saturated heterocycles. The fourth-order valence-corrected chi connectivity index (χ4v) is 5.58. The van der Waals surface area contributed by atoms with Gasteiger partial charge in [0.05, 0.1) is 0 Å². The summed E-state index contributed by atoms with van der Waals surface area (Å²) in [7, 11) is 0. The van der Waals surface area contributed by atoms with Crippen LogP contribution in [0.5, 0.6) is 0 Å². The second-order valence-electron chi connectivity index (χ2n) is 8.33. The fraction of sp³-hybridized carbons (Fsp3) is 0.214. The summed E-state index contributed by atoms with van der Waals surface area (Å²) in [4.78, 5) is 0. The third-order valence-corrected chi connectivity index (χ3v) is 6.81. The largest absolute Gasteiger partial charge is 0.0757 e. The number of aryl methyl sites for hydroxylation is 1. The van der Waals surface area contributed by atoms with Gasteiger partial charge in [-0.2, -0.15) is 0 Å². The zero-order valence-corrected chi connectivity index (χ0v) is 16.1. The third kappa shape index (κ3) is 2.31. The molecule has 0 aliphatic heterocycles. The Labute approximate surface area is 167 Å². The van der Waals surface area contributed by atoms with E-state index in [9.17, 15) is 0 Å². The van der Waals surface area contributed by atoms with Gasteiger partial charge in [0.15, 0.2) is 0 Å². The number of allylic oxidation sites excluding steroid dienone is 3. The molecule has 0 fully saturated rings. The molecule has 2 bridgehead atoms. The number of rotatable bonds is 0. The third-order valence-electron chi connectivity index (χ3n) is 6.81. The van der Waals surface area contributed by atoms with E-state index in [4.69, 9.17) is 0 Å². The van der Waals surface area contributed by atoms with Crippen molar-refractivity contribution in [1.82, 2.24) is 0 Å². The van der Waals surface area contributed by atoms with Crippen molar-refractivity contribution in [2.24, 2.45) is 5.92 Å². The van der Waals surface area contributed by atoms with Crippen molar-refractivity contribution < 1.29 is 0 Å². The van der Waals surface area contributed by atoms with Crippen molar-refractivity contribution >= 4 is 11.1 Å². The van der Waals surface area contributed by atoms with E-state index >= 15 is 0 Å². The highest BCUT2D eigenvalue weighted by Gasteiger charge is 2.33. The molecule has 0 heteroatoms. The molecule has 28 heavy (non-hydrogen) atoms. The minimum atomic E-state index is 0.648. The van der Waals surface area contributed by atoms with Crippen LogP contribution in [-0.4, -0.2) is 0 Å². The van der Waals surface area contributed by atoms with Crippen LogP contribution in [0.2, 0.25) is 0 Å². The standard InChI is InChI=1S/C28H24/c1-2-11-20-17-18-26(21-12-4-3-10-19(21)9-1)27(20)28-24-15-7-5-13-22(24)23-14-6-8-16-25(23)28/h3-8,10,12-16,18,20H,1-2,9,11,17H2/t20-/m1/s1. The monoisotopic (exact) mass is 360 g/mol. The molecule has 0 unspecified atom stereocenters. The van der Waals surface area contributed by atoms with E-state index in [2.05, 4.69) is 78.9 Å². The molecule has 3 aromatic carbocycles. The molecule has 136 valence electrons. The SMILES string of the molecule is C1=C2C(=C3c4ccccc4-c4ccccc43)[C@@H](C1)CCCCc1ccccc12. The van der Waals surface area contributed by atoms with Gasteiger partial charge >= 0.3 is 0 Å². The quantitative estimate of drug-likeness (QED) is 0.309. The van der Waals surface area contributed by atoms with Gasteiger partial charge in [0.1, 0.15) is 0 Å². The molecular formula is C28H24. The van der Waals surface area contributed by atoms with Crippen molar-refractivity contribution in [2.75, 3.05) is 0 Å². The second kappa shape index (κ2) is 6.34. The van der Waals surface area contributed by atoms with Crippen LogP contribution in [-0.2, 0) is 6.42 Å². The van der Waals surface area contributed by atoms with E-state index in [1.54, 1.807) is 5.57 Å². The molecule has 0 radical (unpaired) electrons. The molecule has 6 rings (SSSR count). The minimum absolute atomic E-state index is 0.648. The first kappa shape index (κ1) is 16.1. The van der Waals surface area contributed by atoms with E-state index in [0.717, 1.165) is 0 Å². The van der Waals surface area contributed by atoms with E-state index < -0.39 is 0 Å². The molecule has 3 aliphatic rings. The maximum absolute atomic E-state index is 2.53. The topological polar surface area (TPSA) is 0 Å². The average molecular weight is 361 g/mol. The van der Waals surface area contributed by atoms with Gasteiger partial charge in [0.2, 0.25) is 0 Å². The summed E-state index contributed by atoms with van der Waals surface area (Å²) in [5.74, 6) is 0.648. The number of hydrogen-bond donors (Lipinski definition) is 0. The lowest BCUT2D eigenvalue weighted by Crippen LogP contribution is -2.03. The Morgan fingerprint density at radius 2 is 1.21 bits per heavy atom. The molecule has 0 spiro atoms. The first-order valence-corrected chi connectivity index (χ1v) is 10.6. The summed E-state index contributed by atoms with van der Waals surface area (Å²) in [5.41, 5.74) is 13.2. The molecule has 3 aliphatic carbocycles. The summed E-state index contributed by atoms with van der Waals surface area (Å²) in [5, 5.41) is 0. The maximum atomic E-state index is 2.53. The number of benzene rings is 3. The fourth-order valence-electron chi connectivity index (χ4n) is 5.58. The highest BCUT2D eigenvalue weighted by atomic mass is 14.4. The van der Waals surface area contributed by atoms with Crippen molar-refractivity contribution in [3.8, 4) is 11.1 Å². The summed E-state index contributed by atoms with van der Waals surface area (Å²) in [6.45, 7) is 0. The Morgan fingerprint density at radius 3 is 1.93 bits per heavy atom. The van der Waals surface area contributed by atoms with Crippen LogP contribution < -0.4 is 0 Å². The lowest BCUT2D eigenvalue weighted by atomic mass is 9.84. The predicted octanol–water partition coefficient (Wildman–Crippen LogP) is 7.30. The summed E-state index contributed by atoms with van der Waals surface area (Å²) in [6, 6.07) is 27.1. The van der Waals surface area contributed by atoms with Gasteiger partial charge in [-0.25, -0.2) is 0 Å². The molecule has 0 nitrogen and oxygen atoms in total. The van der Waals surface area contributed by atoms with Crippen molar-refractivity contribution in [3.63, 3.8) is 0 Å². The Bertz CT molecular complexity index is 1090. The molecule has 0 N–H and O–H groups in total. The first-order valence-electron chi connectivity index (χ1n) is 10.6. The number of fused-ring (bicyclic) bond motifs is 7. The minimum Gasteiger partial charge on any atom is -0.0757 e. The highest BCUT2D eigenvalue weighted by Crippen LogP contribution is 2.53. The van der Waals surface area contributed by atoms with E-state index in [1.165, 1.54) is 76.6 Å². The zero-order valence-electron chi connectivity index (χ0n) is 16.1. The van der Waals surface area contributed by atoms with Crippen LogP contribution >= 0.6 is 0 Å². The Hall–Kier alpha value is -2.86. The molecule has 0 heterocycles. The van der Waals surface area contributed by atoms with E-state index in [1.807, 2.05) is 0 Å². The van der Waals surface area contributed by atoms with Gasteiger partial charge in [0.25, 0.3) is 0 Å². The van der Waals surface area contributed by atoms with Crippen LogP contribution in [0, 0.1) is 5.92 Å². The van der Waals surface area contributed by atoms with E-state index in [0.29, 0.717) is 5.92 Å². The smallest absolute Gasteiger partial charge is 0.00578 e. The summed E-state index contributed by atoms with van der Waals surface area (Å²) in [6.07, 6.45) is 8.84. The first-order chi connectivity index (χ1) is 13.9. The van der Waals surface area contributed by atoms with Gasteiger partial charge in [-0.15, -0.1) is 0 Å². The molecule has 3 aromatic rings.